The number of aliphatic hydroxyl groups is 1. The molecule has 0 aromatic heterocycles. The minimum Gasteiger partial charge on any atom is -0.450 e. The molecule has 0 saturated carbocycles. The zero-order valence-corrected chi connectivity index (χ0v) is 14.2. The van der Waals surface area contributed by atoms with Crippen molar-refractivity contribution >= 4 is 17.3 Å². The molecule has 2 rings (SSSR count). The summed E-state index contributed by atoms with van der Waals surface area (Å²) >= 11 is 5.78. The Morgan fingerprint density at radius 1 is 1.25 bits per heavy atom. The molecule has 0 unspecified atom stereocenters. The molecule has 128 valence electrons. The molecule has 0 radical (unpaired) electrons. The molecule has 6 nitrogen and oxygen atoms in total. The minimum atomic E-state index is -0.767. The molecule has 0 aliphatic carbocycles. The maximum atomic E-state index is 11.1. The first-order chi connectivity index (χ1) is 11.2. The number of nitro groups is 1. The predicted octanol–water partition coefficient (Wildman–Crippen LogP) is 3.90. The number of halogens is 1. The van der Waals surface area contributed by atoms with Crippen LogP contribution in [0.1, 0.15) is 19.4 Å². The van der Waals surface area contributed by atoms with Crippen LogP contribution in [0.3, 0.4) is 0 Å². The summed E-state index contributed by atoms with van der Waals surface area (Å²) < 4.78 is 5.58. The highest BCUT2D eigenvalue weighted by molar-refractivity contribution is 6.30. The molecule has 0 amide bonds. The van der Waals surface area contributed by atoms with Crippen molar-refractivity contribution in [3.8, 4) is 11.5 Å². The van der Waals surface area contributed by atoms with Gasteiger partial charge in [-0.2, -0.15) is 0 Å². The van der Waals surface area contributed by atoms with Crippen LogP contribution in [0.2, 0.25) is 5.02 Å². The summed E-state index contributed by atoms with van der Waals surface area (Å²) in [4.78, 5) is 10.5. The Morgan fingerprint density at radius 2 is 1.92 bits per heavy atom. The van der Waals surface area contributed by atoms with Gasteiger partial charge in [0.05, 0.1) is 10.5 Å². The normalized spacial score (nSPS) is 11.3. The summed E-state index contributed by atoms with van der Waals surface area (Å²) in [6.07, 6.45) is 0. The maximum absolute atomic E-state index is 11.1. The smallest absolute Gasteiger partial charge is 0.313 e. The van der Waals surface area contributed by atoms with Gasteiger partial charge in [0, 0.05) is 24.2 Å². The Labute approximate surface area is 145 Å². The van der Waals surface area contributed by atoms with Gasteiger partial charge in [-0.25, -0.2) is 0 Å². The third-order valence-electron chi connectivity index (χ3n) is 3.16. The fraction of sp³-hybridized carbons (Fsp3) is 0.294. The first kappa shape index (κ1) is 18.2. The second-order valence-electron chi connectivity index (χ2n) is 6.03. The molecule has 0 atom stereocenters. The van der Waals surface area contributed by atoms with E-state index >= 15 is 0 Å². The van der Waals surface area contributed by atoms with Crippen LogP contribution >= 0.6 is 11.6 Å². The number of nitro benzene ring substituents is 1. The summed E-state index contributed by atoms with van der Waals surface area (Å²) in [7, 11) is 0. The molecular formula is C17H19ClN2O4. The first-order valence-electron chi connectivity index (χ1n) is 7.38. The summed E-state index contributed by atoms with van der Waals surface area (Å²) in [6.45, 7) is 4.54. The molecule has 2 N–H and O–H groups in total. The predicted molar refractivity (Wildman–Crippen MR) is 92.6 cm³/mol. The van der Waals surface area contributed by atoms with Crippen LogP contribution in [0.15, 0.2) is 42.5 Å². The molecule has 2 aromatic rings. The zero-order valence-electron chi connectivity index (χ0n) is 13.5. The van der Waals surface area contributed by atoms with Gasteiger partial charge in [-0.1, -0.05) is 23.7 Å². The van der Waals surface area contributed by atoms with Crippen LogP contribution in [0, 0.1) is 10.1 Å². The van der Waals surface area contributed by atoms with Crippen LogP contribution in [0.25, 0.3) is 0 Å². The monoisotopic (exact) mass is 350 g/mol. The van der Waals surface area contributed by atoms with E-state index in [4.69, 9.17) is 16.3 Å². The molecule has 24 heavy (non-hydrogen) atoms. The van der Waals surface area contributed by atoms with Crippen LogP contribution in [0.4, 0.5) is 5.69 Å². The molecule has 0 aliphatic rings. The first-order valence-corrected chi connectivity index (χ1v) is 7.76. The molecule has 0 fully saturated rings. The highest BCUT2D eigenvalue weighted by Gasteiger charge is 2.16. The highest BCUT2D eigenvalue weighted by Crippen LogP contribution is 2.33. The van der Waals surface area contributed by atoms with Crippen molar-refractivity contribution in [2.24, 2.45) is 0 Å². The van der Waals surface area contributed by atoms with Crippen molar-refractivity contribution in [2.45, 2.75) is 26.0 Å². The average molecular weight is 351 g/mol. The fourth-order valence-electron chi connectivity index (χ4n) is 2.03. The number of nitrogens with one attached hydrogen (secondary N) is 1. The molecule has 0 bridgehead atoms. The summed E-state index contributed by atoms with van der Waals surface area (Å²) in [5, 5.41) is 24.1. The highest BCUT2D eigenvalue weighted by atomic mass is 35.5. The average Bonchev–Trinajstić information content (AvgIpc) is 2.49. The second kappa shape index (κ2) is 7.61. The number of rotatable bonds is 7. The molecular weight excluding hydrogens is 332 g/mol. The van der Waals surface area contributed by atoms with E-state index in [1.54, 1.807) is 32.0 Å². The van der Waals surface area contributed by atoms with E-state index in [0.29, 0.717) is 18.8 Å². The summed E-state index contributed by atoms with van der Waals surface area (Å²) in [5.74, 6) is 0.629. The summed E-state index contributed by atoms with van der Waals surface area (Å²) in [5.41, 5.74) is 0.0620. The van der Waals surface area contributed by atoms with Gasteiger partial charge in [-0.15, -0.1) is 0 Å². The molecule has 0 saturated heterocycles. The molecule has 0 aliphatic heterocycles. The van der Waals surface area contributed by atoms with Crippen LogP contribution in [-0.2, 0) is 6.54 Å². The maximum Gasteiger partial charge on any atom is 0.313 e. The van der Waals surface area contributed by atoms with Gasteiger partial charge in [0.25, 0.3) is 0 Å². The second-order valence-corrected chi connectivity index (χ2v) is 6.47. The van der Waals surface area contributed by atoms with Gasteiger partial charge in [0.1, 0.15) is 5.75 Å². The van der Waals surface area contributed by atoms with Crippen molar-refractivity contribution in [1.29, 1.82) is 0 Å². The van der Waals surface area contributed by atoms with E-state index in [1.807, 2.05) is 12.1 Å². The van der Waals surface area contributed by atoms with E-state index in [-0.39, 0.29) is 16.5 Å². The van der Waals surface area contributed by atoms with E-state index in [1.165, 1.54) is 12.1 Å². The van der Waals surface area contributed by atoms with E-state index < -0.39 is 10.5 Å². The van der Waals surface area contributed by atoms with Gasteiger partial charge in [-0.3, -0.25) is 10.1 Å². The van der Waals surface area contributed by atoms with Gasteiger partial charge in [-0.05, 0) is 43.7 Å². The zero-order chi connectivity index (χ0) is 17.7. The number of ether oxygens (including phenoxy) is 1. The van der Waals surface area contributed by atoms with Gasteiger partial charge < -0.3 is 15.2 Å². The van der Waals surface area contributed by atoms with E-state index in [9.17, 15) is 15.2 Å². The minimum absolute atomic E-state index is 0.136. The van der Waals surface area contributed by atoms with Crippen LogP contribution < -0.4 is 10.1 Å². The largest absolute Gasteiger partial charge is 0.450 e. The number of hydrogen-bond donors (Lipinski definition) is 2. The number of benzene rings is 2. The Balaban J connectivity index is 2.03. The van der Waals surface area contributed by atoms with Gasteiger partial charge >= 0.3 is 5.69 Å². The Morgan fingerprint density at radius 3 is 2.50 bits per heavy atom. The van der Waals surface area contributed by atoms with Crippen molar-refractivity contribution in [1.82, 2.24) is 5.32 Å². The Kier molecular flexibility index (Phi) is 5.77. The van der Waals surface area contributed by atoms with Gasteiger partial charge in [0.15, 0.2) is 0 Å². The lowest BCUT2D eigenvalue weighted by Crippen LogP contribution is -2.34. The standard InChI is InChI=1S/C17H19ClN2O4/c1-17(2,21)11-19-10-12-3-6-14(7-4-12)24-16-8-5-13(18)9-15(16)20(22)23/h3-9,19,21H,10-11H2,1-2H3. The molecule has 7 heteroatoms. The number of hydrogen-bond acceptors (Lipinski definition) is 5. The van der Waals surface area contributed by atoms with E-state index in [0.717, 1.165) is 5.56 Å². The molecule has 0 spiro atoms. The van der Waals surface area contributed by atoms with Gasteiger partial charge in [0.2, 0.25) is 5.75 Å². The number of nitrogens with zero attached hydrogens (tertiary/aromatic N) is 1. The third-order valence-corrected chi connectivity index (χ3v) is 3.39. The van der Waals surface area contributed by atoms with Crippen LogP contribution in [-0.4, -0.2) is 22.2 Å². The topological polar surface area (TPSA) is 84.6 Å². The van der Waals surface area contributed by atoms with Crippen molar-refractivity contribution in [3.05, 3.63) is 63.2 Å². The Hall–Kier alpha value is -2.15. The van der Waals surface area contributed by atoms with E-state index in [2.05, 4.69) is 5.32 Å². The summed E-state index contributed by atoms with van der Waals surface area (Å²) in [6, 6.07) is 11.5. The van der Waals surface area contributed by atoms with Crippen molar-refractivity contribution < 1.29 is 14.8 Å². The van der Waals surface area contributed by atoms with Crippen molar-refractivity contribution in [3.63, 3.8) is 0 Å². The molecule has 2 aromatic carbocycles. The molecule has 0 heterocycles. The SMILES string of the molecule is CC(C)(O)CNCc1ccc(Oc2ccc(Cl)cc2[N+](=O)[O-])cc1. The fourth-order valence-corrected chi connectivity index (χ4v) is 2.20. The van der Waals surface area contributed by atoms with Crippen molar-refractivity contribution in [2.75, 3.05) is 6.54 Å². The Bertz CT molecular complexity index is 712. The third kappa shape index (κ3) is 5.49. The lowest BCUT2D eigenvalue weighted by molar-refractivity contribution is -0.385. The lowest BCUT2D eigenvalue weighted by Gasteiger charge is -2.17. The lowest BCUT2D eigenvalue weighted by atomic mass is 10.1. The quantitative estimate of drug-likeness (QED) is 0.584. The van der Waals surface area contributed by atoms with Crippen LogP contribution in [0.5, 0.6) is 11.5 Å².